The minimum atomic E-state index is -0.881. The lowest BCUT2D eigenvalue weighted by atomic mass is 10.2. The lowest BCUT2D eigenvalue weighted by molar-refractivity contribution is 0.0523. The minimum Gasteiger partial charge on any atom is -0.462 e. The Balaban J connectivity index is 2.07. The van der Waals surface area contributed by atoms with Crippen LogP contribution in [0.2, 0.25) is 0 Å². The van der Waals surface area contributed by atoms with Crippen LogP contribution >= 0.6 is 0 Å². The highest BCUT2D eigenvalue weighted by Crippen LogP contribution is 2.15. The number of aromatic nitrogens is 3. The molecule has 0 saturated heterocycles. The number of carbonyl (C=O) groups is 2. The fraction of sp³-hybridized carbons (Fsp3) is 0.321. The Kier molecular flexibility index (Phi) is 8.11. The molecule has 0 saturated carbocycles. The van der Waals surface area contributed by atoms with Gasteiger partial charge < -0.3 is 14.0 Å². The second-order valence-corrected chi connectivity index (χ2v) is 8.96. The van der Waals surface area contributed by atoms with Gasteiger partial charge in [0.05, 0.1) is 23.7 Å². The third-order valence-corrected chi connectivity index (χ3v) is 5.89. The average molecular weight is 521 g/mol. The summed E-state index contributed by atoms with van der Waals surface area (Å²) in [6.45, 7) is 7.95. The highest BCUT2D eigenvalue weighted by Gasteiger charge is 2.21. The van der Waals surface area contributed by atoms with E-state index in [1.165, 1.54) is 33.2 Å². The summed E-state index contributed by atoms with van der Waals surface area (Å²) >= 11 is 0. The van der Waals surface area contributed by atoms with Gasteiger partial charge in [0.25, 0.3) is 11.5 Å². The zero-order chi connectivity index (χ0) is 27.4. The maximum Gasteiger partial charge on any atom is 0.341 e. The van der Waals surface area contributed by atoms with E-state index in [4.69, 9.17) is 14.5 Å². The first-order valence-corrected chi connectivity index (χ1v) is 12.4. The van der Waals surface area contributed by atoms with Gasteiger partial charge in [0.1, 0.15) is 22.7 Å². The summed E-state index contributed by atoms with van der Waals surface area (Å²) in [5, 5.41) is 0.151. The quantitative estimate of drug-likeness (QED) is 0.199. The number of esters is 1. The number of ether oxygens (including phenoxy) is 2. The normalized spacial score (nSPS) is 12.0. The number of fused-ring (bicyclic) bond motifs is 2. The summed E-state index contributed by atoms with van der Waals surface area (Å²) in [7, 11) is 0. The zero-order valence-electron chi connectivity index (χ0n) is 21.7. The fourth-order valence-corrected chi connectivity index (χ4v) is 4.11. The first-order valence-electron chi connectivity index (χ1n) is 12.4. The fourth-order valence-electron chi connectivity index (χ4n) is 4.11. The molecule has 0 radical (unpaired) electrons. The first kappa shape index (κ1) is 26.9. The van der Waals surface area contributed by atoms with Crippen molar-refractivity contribution in [2.75, 3.05) is 13.2 Å². The van der Waals surface area contributed by atoms with Gasteiger partial charge in [-0.3, -0.25) is 14.0 Å². The zero-order valence-corrected chi connectivity index (χ0v) is 21.7. The second kappa shape index (κ2) is 11.5. The van der Waals surface area contributed by atoms with Crippen molar-refractivity contribution >= 4 is 28.6 Å². The van der Waals surface area contributed by atoms with E-state index in [1.807, 2.05) is 26.8 Å². The highest BCUT2D eigenvalue weighted by atomic mass is 19.1. The molecule has 1 aromatic carbocycles. The van der Waals surface area contributed by atoms with Crippen LogP contribution in [0.25, 0.3) is 16.7 Å². The summed E-state index contributed by atoms with van der Waals surface area (Å²) in [4.78, 5) is 48.6. The van der Waals surface area contributed by atoms with Gasteiger partial charge in [-0.05, 0) is 63.9 Å². The van der Waals surface area contributed by atoms with Gasteiger partial charge >= 0.3 is 5.97 Å². The number of nitrogens with zero attached hydrogens (tertiary/aromatic N) is 4. The number of hydrogen-bond acceptors (Lipinski definition) is 6. The minimum absolute atomic E-state index is 0.00349. The molecule has 0 N–H and O–H groups in total. The van der Waals surface area contributed by atoms with Gasteiger partial charge in [-0.15, -0.1) is 0 Å². The highest BCUT2D eigenvalue weighted by molar-refractivity contribution is 5.97. The van der Waals surface area contributed by atoms with Crippen molar-refractivity contribution in [3.63, 3.8) is 0 Å². The molecule has 38 heavy (non-hydrogen) atoms. The molecular formula is C28H29FN4O5. The van der Waals surface area contributed by atoms with Crippen molar-refractivity contribution in [3.05, 3.63) is 87.0 Å². The molecule has 9 nitrogen and oxygen atoms in total. The summed E-state index contributed by atoms with van der Waals surface area (Å²) in [6, 6.07) is 10.4. The first-order chi connectivity index (χ1) is 18.2. The average Bonchev–Trinajstić information content (AvgIpc) is 2.88. The Morgan fingerprint density at radius 1 is 1.11 bits per heavy atom. The Hall–Kier alpha value is -4.18. The number of halogens is 1. The van der Waals surface area contributed by atoms with E-state index in [-0.39, 0.29) is 46.9 Å². The van der Waals surface area contributed by atoms with Crippen LogP contribution in [0.1, 0.15) is 53.5 Å². The number of hydrogen-bond donors (Lipinski definition) is 0. The van der Waals surface area contributed by atoms with Crippen molar-refractivity contribution in [1.82, 2.24) is 14.0 Å². The molecule has 1 amide bonds. The molecule has 0 atom stereocenters. The van der Waals surface area contributed by atoms with Crippen LogP contribution in [0, 0.1) is 12.7 Å². The lowest BCUT2D eigenvalue weighted by Crippen LogP contribution is -2.33. The largest absolute Gasteiger partial charge is 0.462 e. The number of rotatable bonds is 8. The second-order valence-electron chi connectivity index (χ2n) is 8.96. The number of carbonyl (C=O) groups excluding carboxylic acids is 2. The van der Waals surface area contributed by atoms with Crippen molar-refractivity contribution < 1.29 is 23.5 Å². The number of pyridine rings is 2. The van der Waals surface area contributed by atoms with Crippen molar-refractivity contribution in [2.45, 2.75) is 46.8 Å². The monoisotopic (exact) mass is 520 g/mol. The molecule has 10 heteroatoms. The van der Waals surface area contributed by atoms with Gasteiger partial charge in [0.2, 0.25) is 0 Å². The molecule has 0 fully saturated rings. The van der Waals surface area contributed by atoms with E-state index < -0.39 is 23.3 Å². The molecule has 0 aliphatic carbocycles. The van der Waals surface area contributed by atoms with E-state index >= 15 is 0 Å². The van der Waals surface area contributed by atoms with Gasteiger partial charge in [-0.25, -0.2) is 14.2 Å². The van der Waals surface area contributed by atoms with Crippen LogP contribution in [0.15, 0.2) is 58.4 Å². The van der Waals surface area contributed by atoms with E-state index in [9.17, 15) is 18.8 Å². The number of benzene rings is 1. The molecule has 198 valence electrons. The van der Waals surface area contributed by atoms with E-state index in [0.717, 1.165) is 11.6 Å². The summed E-state index contributed by atoms with van der Waals surface area (Å²) < 4.78 is 28.3. The Labute approximate surface area is 218 Å². The van der Waals surface area contributed by atoms with Crippen LogP contribution in [0.4, 0.5) is 4.39 Å². The topological polar surface area (TPSA) is 104 Å². The van der Waals surface area contributed by atoms with Crippen LogP contribution < -0.4 is 11.0 Å². The molecule has 4 aromatic rings. The maximum absolute atomic E-state index is 14.4. The molecule has 0 spiro atoms. The predicted octanol–water partition coefficient (Wildman–Crippen LogP) is 3.83. The van der Waals surface area contributed by atoms with Crippen LogP contribution in [-0.2, 0) is 16.0 Å². The van der Waals surface area contributed by atoms with Gasteiger partial charge in [0.15, 0.2) is 5.49 Å². The number of aryl methyl sites for hydroxylation is 2. The molecule has 0 aliphatic rings. The number of amides is 1. The maximum atomic E-state index is 14.4. The SMILES string of the molecule is CCOC(=O)c1cc2c(=O)n3cccc(C)c3nc2n(CCCOC(C)C)c1=NC(=O)c1ccccc1F. The summed E-state index contributed by atoms with van der Waals surface area (Å²) in [5.74, 6) is -2.39. The van der Waals surface area contributed by atoms with Crippen LogP contribution in [-0.4, -0.2) is 45.1 Å². The van der Waals surface area contributed by atoms with Crippen molar-refractivity contribution in [1.29, 1.82) is 0 Å². The Morgan fingerprint density at radius 2 is 1.87 bits per heavy atom. The van der Waals surface area contributed by atoms with E-state index in [2.05, 4.69) is 4.99 Å². The molecule has 0 unspecified atom stereocenters. The van der Waals surface area contributed by atoms with E-state index in [0.29, 0.717) is 18.7 Å². The van der Waals surface area contributed by atoms with E-state index in [1.54, 1.807) is 19.2 Å². The van der Waals surface area contributed by atoms with Gasteiger partial charge in [-0.2, -0.15) is 4.99 Å². The van der Waals surface area contributed by atoms with Crippen molar-refractivity contribution in [3.8, 4) is 0 Å². The third kappa shape index (κ3) is 5.40. The van der Waals surface area contributed by atoms with Gasteiger partial charge in [-0.1, -0.05) is 18.2 Å². The standard InChI is InChI=1S/C28H29FN4O5/c1-5-37-28(36)21-16-20-24(30-23-18(4)10-8-13-33(23)27(20)35)32(14-9-15-38-17(2)3)25(21)31-26(34)19-11-6-7-12-22(19)29/h6-8,10-13,16-17H,5,9,14-15H2,1-4H3. The molecule has 3 aromatic heterocycles. The third-order valence-electron chi connectivity index (χ3n) is 5.89. The Morgan fingerprint density at radius 3 is 2.58 bits per heavy atom. The smallest absolute Gasteiger partial charge is 0.341 e. The molecular weight excluding hydrogens is 491 g/mol. The molecule has 4 rings (SSSR count). The molecule has 0 bridgehead atoms. The predicted molar refractivity (Wildman–Crippen MR) is 140 cm³/mol. The molecule has 0 aliphatic heterocycles. The van der Waals surface area contributed by atoms with Crippen LogP contribution in [0.3, 0.4) is 0 Å². The lowest BCUT2D eigenvalue weighted by Gasteiger charge is -2.16. The summed E-state index contributed by atoms with van der Waals surface area (Å²) in [5.41, 5.74) is 0.614. The Bertz CT molecular complexity index is 1660. The van der Waals surface area contributed by atoms with Gasteiger partial charge in [0, 0.05) is 19.3 Å². The summed E-state index contributed by atoms with van der Waals surface area (Å²) in [6.07, 6.45) is 2.07. The van der Waals surface area contributed by atoms with Crippen molar-refractivity contribution in [2.24, 2.45) is 4.99 Å². The van der Waals surface area contributed by atoms with Crippen LogP contribution in [0.5, 0.6) is 0 Å². The molecule has 3 heterocycles.